The molecule has 2 N–H and O–H groups in total. The van der Waals surface area contributed by atoms with Gasteiger partial charge < -0.3 is 10.5 Å². The number of carbonyl (C=O) groups is 1. The largest absolute Gasteiger partial charge is 0.456 e. The molecule has 1 aliphatic carbocycles. The predicted molar refractivity (Wildman–Crippen MR) is 114 cm³/mol. The topological polar surface area (TPSA) is 78.1 Å². The minimum absolute atomic E-state index is 0.0264. The molecule has 1 heterocycles. The Morgan fingerprint density at radius 2 is 1.93 bits per heavy atom. The SMILES string of the molecule is CC.CC(C)(C)OC(=O)c1ccc(-c2nc(C3CCCC(F)C3)cnc2N)cc1F. The Kier molecular flexibility index (Phi) is 7.87. The highest BCUT2D eigenvalue weighted by Gasteiger charge is 2.25. The number of esters is 1. The van der Waals surface area contributed by atoms with Crippen molar-refractivity contribution < 1.29 is 18.3 Å². The van der Waals surface area contributed by atoms with Gasteiger partial charge in [0.05, 0.1) is 17.5 Å². The molecule has 0 aliphatic heterocycles. The molecule has 0 radical (unpaired) electrons. The molecule has 7 heteroatoms. The van der Waals surface area contributed by atoms with Crippen molar-refractivity contribution in [1.29, 1.82) is 0 Å². The molecular weight excluding hydrogens is 388 g/mol. The smallest absolute Gasteiger partial charge is 0.341 e. The number of anilines is 1. The first-order chi connectivity index (χ1) is 14.1. The van der Waals surface area contributed by atoms with Crippen LogP contribution in [-0.4, -0.2) is 27.7 Å². The Labute approximate surface area is 177 Å². The van der Waals surface area contributed by atoms with Crippen molar-refractivity contribution in [3.63, 3.8) is 0 Å². The normalized spacial score (nSPS) is 18.9. The predicted octanol–water partition coefficient (Wildman–Crippen LogP) is 5.84. The van der Waals surface area contributed by atoms with Gasteiger partial charge in [0.1, 0.15) is 29.1 Å². The fourth-order valence-electron chi connectivity index (χ4n) is 3.38. The first-order valence-electron chi connectivity index (χ1n) is 10.4. The average molecular weight is 420 g/mol. The van der Waals surface area contributed by atoms with Crippen LogP contribution in [0.3, 0.4) is 0 Å². The van der Waals surface area contributed by atoms with Crippen molar-refractivity contribution in [2.75, 3.05) is 5.73 Å². The van der Waals surface area contributed by atoms with Crippen molar-refractivity contribution in [2.45, 2.75) is 78.0 Å². The summed E-state index contributed by atoms with van der Waals surface area (Å²) in [5.74, 6) is -1.33. The molecule has 2 atom stereocenters. The molecule has 0 spiro atoms. The number of alkyl halides is 1. The molecule has 30 heavy (non-hydrogen) atoms. The Morgan fingerprint density at radius 3 is 2.53 bits per heavy atom. The highest BCUT2D eigenvalue weighted by Crippen LogP contribution is 2.35. The zero-order valence-corrected chi connectivity index (χ0v) is 18.3. The van der Waals surface area contributed by atoms with Gasteiger partial charge in [-0.2, -0.15) is 0 Å². The second-order valence-corrected chi connectivity index (χ2v) is 8.19. The van der Waals surface area contributed by atoms with Gasteiger partial charge in [0, 0.05) is 11.5 Å². The standard InChI is InChI=1S/C21H25F2N3O2.C2H6/c1-21(2,3)28-20(27)15-8-7-13(10-16(15)23)18-19(24)25-11-17(26-18)12-5-4-6-14(22)9-12;1-2/h7-8,10-12,14H,4-6,9H2,1-3H3,(H2,24,25);1-2H3. The highest BCUT2D eigenvalue weighted by atomic mass is 19.1. The number of rotatable bonds is 3. The minimum Gasteiger partial charge on any atom is -0.456 e. The summed E-state index contributed by atoms with van der Waals surface area (Å²) < 4.78 is 33.5. The van der Waals surface area contributed by atoms with E-state index in [1.807, 2.05) is 13.8 Å². The van der Waals surface area contributed by atoms with Crippen LogP contribution in [0.15, 0.2) is 24.4 Å². The molecule has 2 unspecified atom stereocenters. The Bertz CT molecular complexity index is 881. The van der Waals surface area contributed by atoms with Crippen LogP contribution >= 0.6 is 0 Å². The molecule has 3 rings (SSSR count). The summed E-state index contributed by atoms with van der Waals surface area (Å²) in [7, 11) is 0. The number of carbonyl (C=O) groups excluding carboxylic acids is 1. The zero-order chi connectivity index (χ0) is 22.5. The molecule has 1 saturated carbocycles. The summed E-state index contributed by atoms with van der Waals surface area (Å²) in [6.07, 6.45) is 3.34. The third kappa shape index (κ3) is 5.97. The molecule has 5 nitrogen and oxygen atoms in total. The first kappa shape index (κ1) is 23.7. The molecule has 1 aromatic carbocycles. The second-order valence-electron chi connectivity index (χ2n) is 8.19. The van der Waals surface area contributed by atoms with Crippen LogP contribution < -0.4 is 5.73 Å². The second kappa shape index (κ2) is 9.96. The van der Waals surface area contributed by atoms with Gasteiger partial charge in [-0.15, -0.1) is 0 Å². The van der Waals surface area contributed by atoms with E-state index in [1.165, 1.54) is 12.1 Å². The van der Waals surface area contributed by atoms with Crippen molar-refractivity contribution in [1.82, 2.24) is 9.97 Å². The summed E-state index contributed by atoms with van der Waals surface area (Å²) in [6.45, 7) is 9.14. The van der Waals surface area contributed by atoms with E-state index in [4.69, 9.17) is 10.5 Å². The van der Waals surface area contributed by atoms with Crippen molar-refractivity contribution >= 4 is 11.8 Å². The monoisotopic (exact) mass is 419 g/mol. The molecule has 1 aliphatic rings. The maximum atomic E-state index is 14.6. The number of halogens is 2. The summed E-state index contributed by atoms with van der Waals surface area (Å²) in [4.78, 5) is 20.8. The molecule has 164 valence electrons. The number of benzene rings is 1. The number of nitrogen functional groups attached to an aromatic ring is 1. The lowest BCUT2D eigenvalue weighted by Gasteiger charge is -2.24. The van der Waals surface area contributed by atoms with Gasteiger partial charge in [-0.05, 0) is 58.6 Å². The van der Waals surface area contributed by atoms with E-state index in [0.717, 1.165) is 12.8 Å². The lowest BCUT2D eigenvalue weighted by Crippen LogP contribution is -2.24. The summed E-state index contributed by atoms with van der Waals surface area (Å²) >= 11 is 0. The molecule has 1 aromatic heterocycles. The van der Waals surface area contributed by atoms with Crippen LogP contribution in [0.5, 0.6) is 0 Å². The number of ether oxygens (including phenoxy) is 1. The third-order valence-electron chi connectivity index (χ3n) is 4.71. The van der Waals surface area contributed by atoms with Crippen LogP contribution in [0, 0.1) is 5.82 Å². The van der Waals surface area contributed by atoms with Gasteiger partial charge in [-0.25, -0.2) is 23.5 Å². The van der Waals surface area contributed by atoms with E-state index in [1.54, 1.807) is 33.0 Å². The summed E-state index contributed by atoms with van der Waals surface area (Å²) in [5.41, 5.74) is 6.46. The van der Waals surface area contributed by atoms with Crippen molar-refractivity contribution in [3.05, 3.63) is 41.5 Å². The number of nitrogens with zero attached hydrogens (tertiary/aromatic N) is 2. The van der Waals surface area contributed by atoms with Gasteiger partial charge in [0.2, 0.25) is 0 Å². The fraction of sp³-hybridized carbons (Fsp3) is 0.522. The van der Waals surface area contributed by atoms with E-state index in [-0.39, 0.29) is 17.3 Å². The summed E-state index contributed by atoms with van der Waals surface area (Å²) in [5, 5.41) is 0. The van der Waals surface area contributed by atoms with Crippen LogP contribution in [0.4, 0.5) is 14.6 Å². The van der Waals surface area contributed by atoms with Gasteiger partial charge in [-0.1, -0.05) is 19.9 Å². The number of nitrogens with two attached hydrogens (primary N) is 1. The quantitative estimate of drug-likeness (QED) is 0.632. The average Bonchev–Trinajstić information content (AvgIpc) is 2.68. The molecular formula is C23H31F2N3O2. The van der Waals surface area contributed by atoms with Crippen LogP contribution in [0.2, 0.25) is 0 Å². The maximum Gasteiger partial charge on any atom is 0.341 e. The third-order valence-corrected chi connectivity index (χ3v) is 4.71. The molecule has 2 aromatic rings. The first-order valence-corrected chi connectivity index (χ1v) is 10.4. The van der Waals surface area contributed by atoms with Gasteiger partial charge in [-0.3, -0.25) is 0 Å². The van der Waals surface area contributed by atoms with E-state index < -0.39 is 23.6 Å². The maximum absolute atomic E-state index is 14.6. The van der Waals surface area contributed by atoms with Crippen LogP contribution in [-0.2, 0) is 4.74 Å². The Balaban J connectivity index is 0.00000155. The Morgan fingerprint density at radius 1 is 1.23 bits per heavy atom. The molecule has 1 fully saturated rings. The van der Waals surface area contributed by atoms with E-state index >= 15 is 0 Å². The molecule has 0 bridgehead atoms. The van der Waals surface area contributed by atoms with E-state index in [0.29, 0.717) is 29.8 Å². The van der Waals surface area contributed by atoms with Crippen LogP contribution in [0.25, 0.3) is 11.3 Å². The lowest BCUT2D eigenvalue weighted by molar-refractivity contribution is 0.00647. The number of hydrogen-bond acceptors (Lipinski definition) is 5. The minimum atomic E-state index is -0.841. The lowest BCUT2D eigenvalue weighted by atomic mass is 9.86. The molecule has 0 amide bonds. The van der Waals surface area contributed by atoms with Gasteiger partial charge in [0.15, 0.2) is 0 Å². The van der Waals surface area contributed by atoms with Crippen molar-refractivity contribution in [2.24, 2.45) is 0 Å². The van der Waals surface area contributed by atoms with E-state index in [2.05, 4.69) is 9.97 Å². The number of hydrogen-bond donors (Lipinski definition) is 1. The van der Waals surface area contributed by atoms with Crippen molar-refractivity contribution in [3.8, 4) is 11.3 Å². The summed E-state index contributed by atoms with van der Waals surface area (Å²) in [6, 6.07) is 4.11. The molecule has 0 saturated heterocycles. The highest BCUT2D eigenvalue weighted by molar-refractivity contribution is 5.90. The van der Waals surface area contributed by atoms with Gasteiger partial charge in [0.25, 0.3) is 0 Å². The Hall–Kier alpha value is -2.57. The fourth-order valence-corrected chi connectivity index (χ4v) is 3.38. The van der Waals surface area contributed by atoms with Crippen LogP contribution in [0.1, 0.15) is 82.3 Å². The number of aromatic nitrogens is 2. The van der Waals surface area contributed by atoms with Gasteiger partial charge >= 0.3 is 5.97 Å². The van der Waals surface area contributed by atoms with E-state index in [9.17, 15) is 13.6 Å². The zero-order valence-electron chi connectivity index (χ0n) is 18.3.